The number of halogens is 2. The molecule has 1 aromatic rings. The van der Waals surface area contributed by atoms with Crippen LogP contribution in [0.5, 0.6) is 0 Å². The van der Waals surface area contributed by atoms with E-state index in [4.69, 9.17) is 4.74 Å². The first-order chi connectivity index (χ1) is 8.00. The summed E-state index contributed by atoms with van der Waals surface area (Å²) in [6.45, 7) is 4.60. The first-order valence-electron chi connectivity index (χ1n) is 5.35. The maximum absolute atomic E-state index is 13.3. The van der Waals surface area contributed by atoms with Gasteiger partial charge in [0.05, 0.1) is 18.3 Å². The number of nitrogens with one attached hydrogen (secondary N) is 1. The van der Waals surface area contributed by atoms with Gasteiger partial charge in [0.1, 0.15) is 5.82 Å². The van der Waals surface area contributed by atoms with Crippen LogP contribution in [0, 0.1) is 5.82 Å². The zero-order valence-corrected chi connectivity index (χ0v) is 11.4. The van der Waals surface area contributed by atoms with Crippen molar-refractivity contribution < 1.29 is 13.9 Å². The lowest BCUT2D eigenvalue weighted by Gasteiger charge is -2.09. The number of hydrogen-bond acceptors (Lipinski definition) is 2. The molecule has 1 aromatic carbocycles. The Morgan fingerprint density at radius 1 is 1.53 bits per heavy atom. The van der Waals surface area contributed by atoms with Crippen LogP contribution in [0.2, 0.25) is 0 Å². The van der Waals surface area contributed by atoms with Crippen LogP contribution >= 0.6 is 15.9 Å². The van der Waals surface area contributed by atoms with E-state index < -0.39 is 11.7 Å². The molecule has 0 atom stereocenters. The molecule has 94 valence electrons. The third-order valence-electron chi connectivity index (χ3n) is 2.01. The van der Waals surface area contributed by atoms with Crippen LogP contribution in [0.15, 0.2) is 22.7 Å². The normalized spacial score (nSPS) is 10.6. The van der Waals surface area contributed by atoms with E-state index in [0.717, 1.165) is 0 Å². The average Bonchev–Trinajstić information content (AvgIpc) is 2.27. The summed E-state index contributed by atoms with van der Waals surface area (Å²) in [4.78, 5) is 11.6. The molecule has 0 spiro atoms. The molecule has 1 N–H and O–H groups in total. The van der Waals surface area contributed by atoms with E-state index in [9.17, 15) is 9.18 Å². The minimum atomic E-state index is -0.532. The minimum absolute atomic E-state index is 0.0314. The minimum Gasteiger partial charge on any atom is -0.377 e. The summed E-state index contributed by atoms with van der Waals surface area (Å²) in [6.07, 6.45) is 0.120. The Morgan fingerprint density at radius 2 is 2.24 bits per heavy atom. The van der Waals surface area contributed by atoms with Crippen molar-refractivity contribution in [3.63, 3.8) is 0 Å². The van der Waals surface area contributed by atoms with Crippen LogP contribution in [0.4, 0.5) is 4.39 Å². The molecule has 0 saturated carbocycles. The van der Waals surface area contributed by atoms with Gasteiger partial charge in [-0.2, -0.15) is 0 Å². The van der Waals surface area contributed by atoms with Gasteiger partial charge >= 0.3 is 0 Å². The lowest BCUT2D eigenvalue weighted by molar-refractivity contribution is 0.0745. The first kappa shape index (κ1) is 14.1. The fourth-order valence-electron chi connectivity index (χ4n) is 1.23. The van der Waals surface area contributed by atoms with Gasteiger partial charge in [0, 0.05) is 11.0 Å². The summed E-state index contributed by atoms with van der Waals surface area (Å²) < 4.78 is 19.3. The van der Waals surface area contributed by atoms with Crippen LogP contribution in [-0.2, 0) is 4.74 Å². The maximum atomic E-state index is 13.3. The number of hydrogen-bond donors (Lipinski definition) is 1. The Bertz CT molecular complexity index is 396. The predicted molar refractivity (Wildman–Crippen MR) is 67.5 cm³/mol. The summed E-state index contributed by atoms with van der Waals surface area (Å²) in [5.74, 6) is -0.966. The van der Waals surface area contributed by atoms with E-state index in [1.165, 1.54) is 12.1 Å². The molecule has 17 heavy (non-hydrogen) atoms. The van der Waals surface area contributed by atoms with Crippen LogP contribution in [0.25, 0.3) is 0 Å². The van der Waals surface area contributed by atoms with Gasteiger partial charge in [0.25, 0.3) is 5.91 Å². The summed E-state index contributed by atoms with van der Waals surface area (Å²) in [7, 11) is 0. The quantitative estimate of drug-likeness (QED) is 0.850. The molecule has 5 heteroatoms. The molecule has 0 unspecified atom stereocenters. The molecule has 0 fully saturated rings. The van der Waals surface area contributed by atoms with Gasteiger partial charge in [0.2, 0.25) is 0 Å². The standard InChI is InChI=1S/C12H15BrFNO2/c1-8(2)17-6-5-15-12(16)10-7-9(13)3-4-11(10)14/h3-4,7-8H,5-6H2,1-2H3,(H,15,16). The second-order valence-corrected chi connectivity index (χ2v) is 4.72. The second-order valence-electron chi connectivity index (χ2n) is 3.80. The molecular weight excluding hydrogens is 289 g/mol. The maximum Gasteiger partial charge on any atom is 0.254 e. The third kappa shape index (κ3) is 4.83. The smallest absolute Gasteiger partial charge is 0.254 e. The van der Waals surface area contributed by atoms with E-state index >= 15 is 0 Å². The lowest BCUT2D eigenvalue weighted by Crippen LogP contribution is -2.28. The van der Waals surface area contributed by atoms with Crippen molar-refractivity contribution in [1.29, 1.82) is 0 Å². The molecule has 0 aliphatic rings. The molecular formula is C12H15BrFNO2. The van der Waals surface area contributed by atoms with Gasteiger partial charge in [-0.3, -0.25) is 4.79 Å². The van der Waals surface area contributed by atoms with Crippen molar-refractivity contribution in [2.45, 2.75) is 20.0 Å². The Hall–Kier alpha value is -0.940. The van der Waals surface area contributed by atoms with Gasteiger partial charge in [-0.05, 0) is 32.0 Å². The monoisotopic (exact) mass is 303 g/mol. The molecule has 0 aliphatic carbocycles. The van der Waals surface area contributed by atoms with Crippen LogP contribution < -0.4 is 5.32 Å². The summed E-state index contributed by atoms with van der Waals surface area (Å²) in [5, 5.41) is 2.60. The molecule has 0 aliphatic heterocycles. The van der Waals surface area contributed by atoms with E-state index in [1.807, 2.05) is 13.8 Å². The van der Waals surface area contributed by atoms with Crippen molar-refractivity contribution in [2.24, 2.45) is 0 Å². The topological polar surface area (TPSA) is 38.3 Å². The highest BCUT2D eigenvalue weighted by molar-refractivity contribution is 9.10. The van der Waals surface area contributed by atoms with Crippen molar-refractivity contribution >= 4 is 21.8 Å². The number of benzene rings is 1. The number of carbonyl (C=O) groups excluding carboxylic acids is 1. The van der Waals surface area contributed by atoms with E-state index in [1.54, 1.807) is 6.07 Å². The Labute approximate surface area is 108 Å². The summed E-state index contributed by atoms with van der Waals surface area (Å²) in [6, 6.07) is 4.26. The fraction of sp³-hybridized carbons (Fsp3) is 0.417. The van der Waals surface area contributed by atoms with Crippen LogP contribution in [0.3, 0.4) is 0 Å². The van der Waals surface area contributed by atoms with Gasteiger partial charge in [-0.1, -0.05) is 15.9 Å². The number of carbonyl (C=O) groups is 1. The van der Waals surface area contributed by atoms with E-state index in [2.05, 4.69) is 21.2 Å². The first-order valence-corrected chi connectivity index (χ1v) is 6.15. The van der Waals surface area contributed by atoms with Crippen molar-refractivity contribution in [3.8, 4) is 0 Å². The van der Waals surface area contributed by atoms with Gasteiger partial charge in [-0.25, -0.2) is 4.39 Å². The summed E-state index contributed by atoms with van der Waals surface area (Å²) >= 11 is 3.19. The summed E-state index contributed by atoms with van der Waals surface area (Å²) in [5.41, 5.74) is 0.0314. The molecule has 1 rings (SSSR count). The van der Waals surface area contributed by atoms with Crippen LogP contribution in [0.1, 0.15) is 24.2 Å². The van der Waals surface area contributed by atoms with Gasteiger partial charge in [-0.15, -0.1) is 0 Å². The second kappa shape index (κ2) is 6.71. The number of ether oxygens (including phenoxy) is 1. The SMILES string of the molecule is CC(C)OCCNC(=O)c1cc(Br)ccc1F. The largest absolute Gasteiger partial charge is 0.377 e. The third-order valence-corrected chi connectivity index (χ3v) is 2.51. The zero-order chi connectivity index (χ0) is 12.8. The Morgan fingerprint density at radius 3 is 2.88 bits per heavy atom. The zero-order valence-electron chi connectivity index (χ0n) is 9.80. The van der Waals surface area contributed by atoms with Crippen molar-refractivity contribution in [2.75, 3.05) is 13.2 Å². The Kier molecular flexibility index (Phi) is 5.58. The van der Waals surface area contributed by atoms with E-state index in [-0.39, 0.29) is 11.7 Å². The lowest BCUT2D eigenvalue weighted by atomic mass is 10.2. The van der Waals surface area contributed by atoms with Crippen LogP contribution in [-0.4, -0.2) is 25.2 Å². The van der Waals surface area contributed by atoms with Crippen molar-refractivity contribution in [3.05, 3.63) is 34.1 Å². The molecule has 0 bridgehead atoms. The highest BCUT2D eigenvalue weighted by Gasteiger charge is 2.11. The number of amides is 1. The van der Waals surface area contributed by atoms with Crippen molar-refractivity contribution in [1.82, 2.24) is 5.32 Å². The molecule has 3 nitrogen and oxygen atoms in total. The number of rotatable bonds is 5. The predicted octanol–water partition coefficient (Wildman–Crippen LogP) is 2.74. The molecule has 0 aromatic heterocycles. The molecule has 0 saturated heterocycles. The van der Waals surface area contributed by atoms with E-state index in [0.29, 0.717) is 17.6 Å². The fourth-order valence-corrected chi connectivity index (χ4v) is 1.59. The van der Waals surface area contributed by atoms with Gasteiger partial charge < -0.3 is 10.1 Å². The average molecular weight is 304 g/mol. The molecule has 0 heterocycles. The molecule has 0 radical (unpaired) electrons. The highest BCUT2D eigenvalue weighted by atomic mass is 79.9. The highest BCUT2D eigenvalue weighted by Crippen LogP contribution is 2.15. The Balaban J connectivity index is 2.49. The van der Waals surface area contributed by atoms with Gasteiger partial charge in [0.15, 0.2) is 0 Å². The molecule has 1 amide bonds.